The Bertz CT molecular complexity index is 346. The molecule has 1 nitrogen and oxygen atoms in total. The SMILES string of the molecule is CCCCCCCCC(N)Cc1c(Cl)cccc1Cl. The third-order valence-electron chi connectivity index (χ3n) is 3.46. The fraction of sp³-hybridized carbons (Fsp3) is 0.625. The molecular formula is C16H25Cl2N. The topological polar surface area (TPSA) is 26.0 Å². The first-order valence-corrected chi connectivity index (χ1v) is 8.09. The number of halogens is 2. The summed E-state index contributed by atoms with van der Waals surface area (Å²) in [6, 6.07) is 5.78. The Hall–Kier alpha value is -0.240. The summed E-state index contributed by atoms with van der Waals surface area (Å²) in [6.45, 7) is 2.24. The number of hydrogen-bond acceptors (Lipinski definition) is 1. The maximum atomic E-state index is 6.17. The largest absolute Gasteiger partial charge is 0.327 e. The summed E-state index contributed by atoms with van der Waals surface area (Å²) >= 11 is 12.3. The van der Waals surface area contributed by atoms with Crippen molar-refractivity contribution in [1.82, 2.24) is 0 Å². The van der Waals surface area contributed by atoms with E-state index >= 15 is 0 Å². The van der Waals surface area contributed by atoms with E-state index in [4.69, 9.17) is 28.9 Å². The van der Waals surface area contributed by atoms with Crippen molar-refractivity contribution in [2.75, 3.05) is 0 Å². The molecule has 0 spiro atoms. The second kappa shape index (κ2) is 9.63. The van der Waals surface area contributed by atoms with Gasteiger partial charge in [-0.3, -0.25) is 0 Å². The number of hydrogen-bond donors (Lipinski definition) is 1. The molecule has 0 saturated carbocycles. The fourth-order valence-electron chi connectivity index (χ4n) is 2.28. The zero-order valence-corrected chi connectivity index (χ0v) is 13.3. The summed E-state index contributed by atoms with van der Waals surface area (Å²) in [5, 5.41) is 1.46. The predicted octanol–water partition coefficient (Wildman–Crippen LogP) is 5.61. The van der Waals surface area contributed by atoms with Crippen LogP contribution in [-0.2, 0) is 6.42 Å². The van der Waals surface area contributed by atoms with Crippen LogP contribution in [0.3, 0.4) is 0 Å². The highest BCUT2D eigenvalue weighted by Crippen LogP contribution is 2.26. The predicted molar refractivity (Wildman–Crippen MR) is 86.1 cm³/mol. The lowest BCUT2D eigenvalue weighted by molar-refractivity contribution is 0.532. The highest BCUT2D eigenvalue weighted by molar-refractivity contribution is 6.35. The average Bonchev–Trinajstić information content (AvgIpc) is 2.38. The minimum Gasteiger partial charge on any atom is -0.327 e. The van der Waals surface area contributed by atoms with Gasteiger partial charge in [0.25, 0.3) is 0 Å². The van der Waals surface area contributed by atoms with Gasteiger partial charge in [0.15, 0.2) is 0 Å². The van der Waals surface area contributed by atoms with Crippen molar-refractivity contribution in [3.63, 3.8) is 0 Å². The van der Waals surface area contributed by atoms with Gasteiger partial charge in [-0.2, -0.15) is 0 Å². The van der Waals surface area contributed by atoms with Crippen LogP contribution in [0.4, 0.5) is 0 Å². The first-order chi connectivity index (χ1) is 9.15. The van der Waals surface area contributed by atoms with E-state index in [9.17, 15) is 0 Å². The summed E-state index contributed by atoms with van der Waals surface area (Å²) < 4.78 is 0. The number of nitrogens with two attached hydrogens (primary N) is 1. The second-order valence-electron chi connectivity index (χ2n) is 5.22. The van der Waals surface area contributed by atoms with Crippen molar-refractivity contribution in [2.24, 2.45) is 5.73 Å². The van der Waals surface area contributed by atoms with Crippen LogP contribution in [0.1, 0.15) is 57.4 Å². The normalized spacial score (nSPS) is 12.6. The molecule has 0 aliphatic heterocycles. The second-order valence-corrected chi connectivity index (χ2v) is 6.04. The molecule has 0 bridgehead atoms. The summed E-state index contributed by atoms with van der Waals surface area (Å²) in [6.07, 6.45) is 9.62. The van der Waals surface area contributed by atoms with E-state index < -0.39 is 0 Å². The minimum absolute atomic E-state index is 0.156. The van der Waals surface area contributed by atoms with Gasteiger partial charge in [-0.1, -0.05) is 74.7 Å². The Labute approximate surface area is 127 Å². The molecule has 0 amide bonds. The van der Waals surface area contributed by atoms with Gasteiger partial charge in [-0.25, -0.2) is 0 Å². The van der Waals surface area contributed by atoms with E-state index in [1.165, 1.54) is 38.5 Å². The molecule has 2 N–H and O–H groups in total. The molecule has 1 aromatic carbocycles. The summed E-state index contributed by atoms with van der Waals surface area (Å²) in [5.74, 6) is 0. The van der Waals surface area contributed by atoms with E-state index in [0.29, 0.717) is 0 Å². The van der Waals surface area contributed by atoms with E-state index in [-0.39, 0.29) is 6.04 Å². The summed E-state index contributed by atoms with van der Waals surface area (Å²) in [7, 11) is 0. The van der Waals surface area contributed by atoms with Gasteiger partial charge in [0.2, 0.25) is 0 Å². The molecule has 1 atom stereocenters. The van der Waals surface area contributed by atoms with Crippen molar-refractivity contribution in [3.05, 3.63) is 33.8 Å². The molecule has 3 heteroatoms. The third-order valence-corrected chi connectivity index (χ3v) is 4.16. The molecule has 0 fully saturated rings. The first-order valence-electron chi connectivity index (χ1n) is 7.33. The number of unbranched alkanes of at least 4 members (excludes halogenated alkanes) is 5. The summed E-state index contributed by atoms with van der Waals surface area (Å²) in [5.41, 5.74) is 7.16. The fourth-order valence-corrected chi connectivity index (χ4v) is 2.83. The molecule has 0 aromatic heterocycles. The molecule has 0 saturated heterocycles. The smallest absolute Gasteiger partial charge is 0.0453 e. The zero-order chi connectivity index (χ0) is 14.1. The lowest BCUT2D eigenvalue weighted by Gasteiger charge is -2.14. The molecule has 0 aliphatic rings. The van der Waals surface area contributed by atoms with Crippen molar-refractivity contribution in [2.45, 2.75) is 64.3 Å². The van der Waals surface area contributed by atoms with E-state index in [1.807, 2.05) is 18.2 Å². The van der Waals surface area contributed by atoms with Crippen LogP contribution in [0.25, 0.3) is 0 Å². The van der Waals surface area contributed by atoms with Crippen LogP contribution in [0.15, 0.2) is 18.2 Å². The quantitative estimate of drug-likeness (QED) is 0.589. The third kappa shape index (κ3) is 6.65. The van der Waals surface area contributed by atoms with E-state index in [1.54, 1.807) is 0 Å². The maximum Gasteiger partial charge on any atom is 0.0453 e. The van der Waals surface area contributed by atoms with Crippen LogP contribution in [0.2, 0.25) is 10.0 Å². The molecular weight excluding hydrogens is 277 g/mol. The molecule has 1 rings (SSSR count). The molecule has 0 heterocycles. The monoisotopic (exact) mass is 301 g/mol. The first kappa shape index (κ1) is 16.8. The molecule has 1 aromatic rings. The molecule has 19 heavy (non-hydrogen) atoms. The van der Waals surface area contributed by atoms with Crippen LogP contribution < -0.4 is 5.73 Å². The lowest BCUT2D eigenvalue weighted by atomic mass is 10.0. The Morgan fingerprint density at radius 3 is 2.21 bits per heavy atom. The standard InChI is InChI=1S/C16H25Cl2N/c1-2-3-4-5-6-7-9-13(19)12-14-15(17)10-8-11-16(14)18/h8,10-11,13H,2-7,9,12,19H2,1H3. The number of benzene rings is 1. The molecule has 1 unspecified atom stereocenters. The number of rotatable bonds is 9. The highest BCUT2D eigenvalue weighted by Gasteiger charge is 2.10. The van der Waals surface area contributed by atoms with Crippen LogP contribution in [-0.4, -0.2) is 6.04 Å². The molecule has 0 aliphatic carbocycles. The van der Waals surface area contributed by atoms with Crippen molar-refractivity contribution >= 4 is 23.2 Å². The van der Waals surface area contributed by atoms with Gasteiger partial charge in [-0.05, 0) is 30.5 Å². The van der Waals surface area contributed by atoms with Crippen molar-refractivity contribution < 1.29 is 0 Å². The van der Waals surface area contributed by atoms with Crippen molar-refractivity contribution in [1.29, 1.82) is 0 Å². The van der Waals surface area contributed by atoms with Crippen molar-refractivity contribution in [3.8, 4) is 0 Å². The maximum absolute atomic E-state index is 6.17. The summed E-state index contributed by atoms with van der Waals surface area (Å²) in [4.78, 5) is 0. The molecule has 108 valence electrons. The minimum atomic E-state index is 0.156. The lowest BCUT2D eigenvalue weighted by Crippen LogP contribution is -2.23. The van der Waals surface area contributed by atoms with Crippen LogP contribution in [0.5, 0.6) is 0 Å². The zero-order valence-electron chi connectivity index (χ0n) is 11.8. The van der Waals surface area contributed by atoms with Gasteiger partial charge >= 0.3 is 0 Å². The van der Waals surface area contributed by atoms with E-state index in [0.717, 1.165) is 28.5 Å². The van der Waals surface area contributed by atoms with Gasteiger partial charge in [0.1, 0.15) is 0 Å². The van der Waals surface area contributed by atoms with Gasteiger partial charge in [0.05, 0.1) is 0 Å². The molecule has 0 radical (unpaired) electrons. The Morgan fingerprint density at radius 2 is 1.58 bits per heavy atom. The van der Waals surface area contributed by atoms with Gasteiger partial charge < -0.3 is 5.73 Å². The van der Waals surface area contributed by atoms with Crippen LogP contribution >= 0.6 is 23.2 Å². The van der Waals surface area contributed by atoms with Gasteiger partial charge in [0, 0.05) is 16.1 Å². The van der Waals surface area contributed by atoms with Gasteiger partial charge in [-0.15, -0.1) is 0 Å². The Kier molecular flexibility index (Phi) is 8.52. The van der Waals surface area contributed by atoms with E-state index in [2.05, 4.69) is 6.92 Å². The highest BCUT2D eigenvalue weighted by atomic mass is 35.5. The Balaban J connectivity index is 2.25. The average molecular weight is 302 g/mol. The Morgan fingerprint density at radius 1 is 1.00 bits per heavy atom. The van der Waals surface area contributed by atoms with Crippen LogP contribution in [0, 0.1) is 0 Å².